The number of carbonyl (C=O) groups excluding carboxylic acids is 2. The van der Waals surface area contributed by atoms with E-state index in [1.165, 1.54) is 0 Å². The number of rotatable bonds is 16. The summed E-state index contributed by atoms with van der Waals surface area (Å²) in [5.74, 6) is 1.25. The first-order valence-corrected chi connectivity index (χ1v) is 17.9. The number of anilines is 2. The number of ether oxygens (including phenoxy) is 2. The highest BCUT2D eigenvalue weighted by atomic mass is 32.2. The van der Waals surface area contributed by atoms with E-state index in [0.29, 0.717) is 55.8 Å². The van der Waals surface area contributed by atoms with Gasteiger partial charge in [-0.15, -0.1) is 0 Å². The minimum atomic E-state index is -0.538. The Morgan fingerprint density at radius 3 is 2.27 bits per heavy atom. The van der Waals surface area contributed by atoms with Crippen LogP contribution in [0.15, 0.2) is 97.1 Å². The molecule has 3 atom stereocenters. The Labute approximate surface area is 292 Å². The van der Waals surface area contributed by atoms with Crippen LogP contribution in [0.5, 0.6) is 0 Å². The van der Waals surface area contributed by atoms with Gasteiger partial charge in [-0.05, 0) is 58.9 Å². The third-order valence-electron chi connectivity index (χ3n) is 8.38. The van der Waals surface area contributed by atoms with Crippen LogP contribution in [-0.2, 0) is 32.2 Å². The Balaban J connectivity index is 1.12. The van der Waals surface area contributed by atoms with Crippen molar-refractivity contribution in [3.8, 4) is 11.1 Å². The molecule has 4 aromatic carbocycles. The van der Waals surface area contributed by atoms with Crippen LogP contribution < -0.4 is 16.4 Å². The molecule has 0 aliphatic carbocycles. The Bertz CT molecular complexity index is 1650. The van der Waals surface area contributed by atoms with Gasteiger partial charge in [-0.25, -0.2) is 0 Å². The summed E-state index contributed by atoms with van der Waals surface area (Å²) < 4.78 is 12.8. The predicted octanol–water partition coefficient (Wildman–Crippen LogP) is 6.51. The number of amides is 2. The number of hydrogen-bond acceptors (Lipinski definition) is 8. The molecule has 49 heavy (non-hydrogen) atoms. The number of hydrogen-bond donors (Lipinski definition) is 5. The first-order valence-electron chi connectivity index (χ1n) is 16.7. The smallest absolute Gasteiger partial charge is 0.224 e. The van der Waals surface area contributed by atoms with Crippen molar-refractivity contribution in [3.05, 3.63) is 119 Å². The average molecular weight is 684 g/mol. The Hall–Kier alpha value is -4.19. The standard InChI is InChI=1S/C39H45N3O6S/c40-34-8-1-2-9-35(34)42-38(46)11-4-3-10-37(45)41-24-28-6-5-7-32(22-28)29-16-18-31(19-17-29)39-47-33(26-49-21-20-43)23-36(48-39)30-14-12-27(25-44)13-15-30/h1-2,5-9,12-19,22,33,36,39,43-44H,3-4,10-11,20-21,23-26,40H2,(H,41,45)(H,42,46). The molecule has 0 spiro atoms. The summed E-state index contributed by atoms with van der Waals surface area (Å²) in [5, 5.41) is 24.5. The van der Waals surface area contributed by atoms with Crippen molar-refractivity contribution in [1.82, 2.24) is 5.32 Å². The highest BCUT2D eigenvalue weighted by molar-refractivity contribution is 7.99. The maximum Gasteiger partial charge on any atom is 0.224 e. The fourth-order valence-electron chi connectivity index (χ4n) is 5.68. The second-order valence-electron chi connectivity index (χ2n) is 12.1. The van der Waals surface area contributed by atoms with E-state index in [-0.39, 0.29) is 37.2 Å². The van der Waals surface area contributed by atoms with Crippen molar-refractivity contribution in [1.29, 1.82) is 0 Å². The molecule has 0 saturated carbocycles. The van der Waals surface area contributed by atoms with Gasteiger partial charge in [0.05, 0.1) is 36.8 Å². The van der Waals surface area contributed by atoms with Crippen LogP contribution in [0, 0.1) is 0 Å². The number of benzene rings is 4. The largest absolute Gasteiger partial charge is 0.397 e. The van der Waals surface area contributed by atoms with Crippen molar-refractivity contribution < 1.29 is 29.3 Å². The molecule has 1 aliphatic rings. The van der Waals surface area contributed by atoms with Gasteiger partial charge in [-0.2, -0.15) is 11.8 Å². The Morgan fingerprint density at radius 1 is 0.796 bits per heavy atom. The van der Waals surface area contributed by atoms with Gasteiger partial charge in [0.1, 0.15) is 0 Å². The molecule has 1 saturated heterocycles. The summed E-state index contributed by atoms with van der Waals surface area (Å²) in [7, 11) is 0. The van der Waals surface area contributed by atoms with E-state index in [1.807, 2.05) is 66.7 Å². The van der Waals surface area contributed by atoms with Gasteiger partial charge in [0.15, 0.2) is 6.29 Å². The lowest BCUT2D eigenvalue weighted by molar-refractivity contribution is -0.245. The summed E-state index contributed by atoms with van der Waals surface area (Å²) in [6.07, 6.45) is 1.87. The number of aliphatic hydroxyl groups is 2. The average Bonchev–Trinajstić information content (AvgIpc) is 3.14. The summed E-state index contributed by atoms with van der Waals surface area (Å²) >= 11 is 1.67. The molecule has 0 bridgehead atoms. The normalized spacial score (nSPS) is 17.4. The number of carbonyl (C=O) groups is 2. The topological polar surface area (TPSA) is 143 Å². The monoisotopic (exact) mass is 683 g/mol. The van der Waals surface area contributed by atoms with E-state index < -0.39 is 6.29 Å². The van der Waals surface area contributed by atoms with E-state index >= 15 is 0 Å². The first kappa shape index (κ1) is 36.1. The maximum atomic E-state index is 12.5. The molecule has 258 valence electrons. The highest BCUT2D eigenvalue weighted by Crippen LogP contribution is 2.39. The van der Waals surface area contributed by atoms with Gasteiger partial charge < -0.3 is 36.1 Å². The molecule has 4 aromatic rings. The number of nitrogens with two attached hydrogens (primary N) is 1. The van der Waals surface area contributed by atoms with Gasteiger partial charge in [0, 0.05) is 42.9 Å². The van der Waals surface area contributed by atoms with Gasteiger partial charge in [0.25, 0.3) is 0 Å². The molecular formula is C39H45N3O6S. The van der Waals surface area contributed by atoms with E-state index in [0.717, 1.165) is 39.1 Å². The maximum absolute atomic E-state index is 12.5. The number of nitrogen functional groups attached to an aromatic ring is 1. The van der Waals surface area contributed by atoms with Crippen LogP contribution in [0.25, 0.3) is 11.1 Å². The van der Waals surface area contributed by atoms with Crippen LogP contribution in [0.4, 0.5) is 11.4 Å². The van der Waals surface area contributed by atoms with Crippen LogP contribution in [0.1, 0.15) is 66.8 Å². The molecular weight excluding hydrogens is 639 g/mol. The number of thioether (sulfide) groups is 1. The van der Waals surface area contributed by atoms with Crippen LogP contribution >= 0.6 is 11.8 Å². The number of para-hydroxylation sites is 2. The summed E-state index contributed by atoms with van der Waals surface area (Å²) in [4.78, 5) is 24.7. The number of aliphatic hydroxyl groups excluding tert-OH is 2. The molecule has 10 heteroatoms. The Kier molecular flexibility index (Phi) is 13.7. The van der Waals surface area contributed by atoms with Crippen LogP contribution in [0.3, 0.4) is 0 Å². The minimum Gasteiger partial charge on any atom is -0.397 e. The molecule has 2 amide bonds. The van der Waals surface area contributed by atoms with Gasteiger partial charge in [-0.1, -0.05) is 78.9 Å². The zero-order valence-corrected chi connectivity index (χ0v) is 28.4. The number of nitrogens with one attached hydrogen (secondary N) is 2. The first-order chi connectivity index (χ1) is 23.9. The molecule has 3 unspecified atom stereocenters. The van der Waals surface area contributed by atoms with Crippen molar-refractivity contribution >= 4 is 35.0 Å². The molecule has 1 fully saturated rings. The van der Waals surface area contributed by atoms with Crippen molar-refractivity contribution in [2.45, 2.75) is 63.8 Å². The van der Waals surface area contributed by atoms with Crippen molar-refractivity contribution in [2.24, 2.45) is 0 Å². The third kappa shape index (κ3) is 10.9. The van der Waals surface area contributed by atoms with Crippen molar-refractivity contribution in [2.75, 3.05) is 29.2 Å². The zero-order valence-electron chi connectivity index (χ0n) is 27.6. The predicted molar refractivity (Wildman–Crippen MR) is 195 cm³/mol. The molecule has 6 N–H and O–H groups in total. The summed E-state index contributed by atoms with van der Waals surface area (Å²) in [5.41, 5.74) is 12.9. The SMILES string of the molecule is Nc1ccccc1NC(=O)CCCCC(=O)NCc1cccc(-c2ccc(C3OC(CSCCO)CC(c4ccc(CO)cc4)O3)cc2)c1. The van der Waals surface area contributed by atoms with Gasteiger partial charge in [-0.3, -0.25) is 9.59 Å². The quantitative estimate of drug-likeness (QED) is 0.0664. The fourth-order valence-corrected chi connectivity index (χ4v) is 6.45. The Morgan fingerprint density at radius 2 is 1.53 bits per heavy atom. The van der Waals surface area contributed by atoms with E-state index in [4.69, 9.17) is 15.2 Å². The van der Waals surface area contributed by atoms with E-state index in [1.54, 1.807) is 23.9 Å². The molecule has 0 aromatic heterocycles. The lowest BCUT2D eigenvalue weighted by Crippen LogP contribution is -2.31. The molecule has 1 heterocycles. The lowest BCUT2D eigenvalue weighted by atomic mass is 9.99. The van der Waals surface area contributed by atoms with Gasteiger partial charge in [0.2, 0.25) is 11.8 Å². The van der Waals surface area contributed by atoms with Crippen molar-refractivity contribution in [3.63, 3.8) is 0 Å². The highest BCUT2D eigenvalue weighted by Gasteiger charge is 2.32. The minimum absolute atomic E-state index is 0.00256. The second-order valence-corrected chi connectivity index (χ2v) is 13.2. The van der Waals surface area contributed by atoms with E-state index in [9.17, 15) is 19.8 Å². The molecule has 5 rings (SSSR count). The third-order valence-corrected chi connectivity index (χ3v) is 9.46. The van der Waals surface area contributed by atoms with E-state index in [2.05, 4.69) is 28.8 Å². The molecule has 1 aliphatic heterocycles. The summed E-state index contributed by atoms with van der Waals surface area (Å²) in [6.45, 7) is 0.544. The van der Waals surface area contributed by atoms with Gasteiger partial charge >= 0.3 is 0 Å². The lowest BCUT2D eigenvalue weighted by Gasteiger charge is -2.36. The second kappa shape index (κ2) is 18.5. The number of unbranched alkanes of at least 4 members (excludes halogenated alkanes) is 1. The summed E-state index contributed by atoms with van der Waals surface area (Å²) in [6, 6.07) is 31.2. The fraction of sp³-hybridized carbons (Fsp3) is 0.333. The molecule has 0 radical (unpaired) electrons. The molecule has 9 nitrogen and oxygen atoms in total. The zero-order chi connectivity index (χ0) is 34.4. The van der Waals surface area contributed by atoms with Crippen LogP contribution in [-0.4, -0.2) is 46.2 Å². The van der Waals surface area contributed by atoms with Crippen LogP contribution in [0.2, 0.25) is 0 Å².